The van der Waals surface area contributed by atoms with Gasteiger partial charge in [-0.25, -0.2) is 4.79 Å². The second-order valence-electron chi connectivity index (χ2n) is 4.23. The molecule has 1 fully saturated rings. The Morgan fingerprint density at radius 1 is 1.12 bits per heavy atom. The van der Waals surface area contributed by atoms with E-state index in [9.17, 15) is 9.59 Å². The Labute approximate surface area is 95.6 Å². The molecule has 0 radical (unpaired) electrons. The standard InChI is InChI=1S/C11H20N2O3/c14-10(15)7-8-12-11(16)13-9-5-3-1-2-4-6-9/h9H,1-8H2,(H,14,15)(H2,12,13,16). The highest BCUT2D eigenvalue weighted by atomic mass is 16.4. The summed E-state index contributed by atoms with van der Waals surface area (Å²) in [6, 6.07) is 0.0143. The van der Waals surface area contributed by atoms with Gasteiger partial charge in [0.1, 0.15) is 0 Å². The van der Waals surface area contributed by atoms with Gasteiger partial charge in [0.15, 0.2) is 0 Å². The van der Waals surface area contributed by atoms with E-state index < -0.39 is 5.97 Å². The first kappa shape index (κ1) is 12.8. The predicted molar refractivity (Wildman–Crippen MR) is 60.3 cm³/mol. The lowest BCUT2D eigenvalue weighted by Gasteiger charge is -2.16. The van der Waals surface area contributed by atoms with Gasteiger partial charge in [-0.15, -0.1) is 0 Å². The normalized spacial score (nSPS) is 17.5. The average molecular weight is 228 g/mol. The number of rotatable bonds is 4. The van der Waals surface area contributed by atoms with Crippen LogP contribution < -0.4 is 10.6 Å². The van der Waals surface area contributed by atoms with Gasteiger partial charge in [-0.3, -0.25) is 4.79 Å². The summed E-state index contributed by atoms with van der Waals surface area (Å²) in [6.45, 7) is 0.188. The third kappa shape index (κ3) is 5.58. The fourth-order valence-corrected chi connectivity index (χ4v) is 1.94. The van der Waals surface area contributed by atoms with Crippen LogP contribution in [0.2, 0.25) is 0 Å². The number of urea groups is 1. The van der Waals surface area contributed by atoms with Crippen molar-refractivity contribution in [2.24, 2.45) is 0 Å². The molecule has 0 saturated heterocycles. The molecule has 0 aliphatic heterocycles. The monoisotopic (exact) mass is 228 g/mol. The fraction of sp³-hybridized carbons (Fsp3) is 0.818. The van der Waals surface area contributed by atoms with Crippen LogP contribution in [-0.2, 0) is 4.79 Å². The van der Waals surface area contributed by atoms with Crippen LogP contribution >= 0.6 is 0 Å². The van der Waals surface area contributed by atoms with E-state index in [-0.39, 0.29) is 25.0 Å². The van der Waals surface area contributed by atoms with Gasteiger partial charge >= 0.3 is 12.0 Å². The Hall–Kier alpha value is -1.26. The van der Waals surface area contributed by atoms with E-state index in [1.54, 1.807) is 0 Å². The summed E-state index contributed by atoms with van der Waals surface area (Å²) in [4.78, 5) is 21.6. The molecule has 1 aliphatic rings. The molecule has 16 heavy (non-hydrogen) atoms. The molecule has 2 amide bonds. The molecule has 1 aliphatic carbocycles. The molecule has 0 heterocycles. The van der Waals surface area contributed by atoms with Crippen molar-refractivity contribution in [3.05, 3.63) is 0 Å². The minimum absolute atomic E-state index is 0.0297. The lowest BCUT2D eigenvalue weighted by Crippen LogP contribution is -2.42. The average Bonchev–Trinajstić information content (AvgIpc) is 2.45. The van der Waals surface area contributed by atoms with Crippen molar-refractivity contribution >= 4 is 12.0 Å². The molecule has 0 aromatic heterocycles. The van der Waals surface area contributed by atoms with Gasteiger partial charge in [-0.05, 0) is 12.8 Å². The molecular weight excluding hydrogens is 208 g/mol. The maximum atomic E-state index is 11.4. The van der Waals surface area contributed by atoms with Crippen LogP contribution in [-0.4, -0.2) is 29.7 Å². The molecule has 0 unspecified atom stereocenters. The molecule has 3 N–H and O–H groups in total. The summed E-state index contributed by atoms with van der Waals surface area (Å²) >= 11 is 0. The minimum Gasteiger partial charge on any atom is -0.481 e. The quantitative estimate of drug-likeness (QED) is 0.638. The lowest BCUT2D eigenvalue weighted by atomic mass is 10.1. The minimum atomic E-state index is -0.894. The van der Waals surface area contributed by atoms with Gasteiger partial charge in [0.05, 0.1) is 6.42 Å². The van der Waals surface area contributed by atoms with E-state index in [2.05, 4.69) is 10.6 Å². The molecule has 0 bridgehead atoms. The van der Waals surface area contributed by atoms with E-state index in [4.69, 9.17) is 5.11 Å². The van der Waals surface area contributed by atoms with Crippen molar-refractivity contribution in [1.29, 1.82) is 0 Å². The van der Waals surface area contributed by atoms with E-state index in [0.29, 0.717) is 0 Å². The van der Waals surface area contributed by atoms with E-state index in [1.807, 2.05) is 0 Å². The number of carbonyl (C=O) groups excluding carboxylic acids is 1. The number of carbonyl (C=O) groups is 2. The van der Waals surface area contributed by atoms with Gasteiger partial charge < -0.3 is 15.7 Å². The Bertz CT molecular complexity index is 235. The number of carboxylic acids is 1. The zero-order valence-electron chi connectivity index (χ0n) is 9.50. The zero-order chi connectivity index (χ0) is 11.8. The molecular formula is C11H20N2O3. The maximum absolute atomic E-state index is 11.4. The fourth-order valence-electron chi connectivity index (χ4n) is 1.94. The summed E-state index contributed by atoms with van der Waals surface area (Å²) in [5.41, 5.74) is 0. The Balaban J connectivity index is 2.14. The molecule has 0 spiro atoms. The van der Waals surface area contributed by atoms with Crippen LogP contribution in [0.5, 0.6) is 0 Å². The van der Waals surface area contributed by atoms with Crippen LogP contribution in [0.1, 0.15) is 44.9 Å². The van der Waals surface area contributed by atoms with Gasteiger partial charge in [-0.1, -0.05) is 25.7 Å². The van der Waals surface area contributed by atoms with Crippen LogP contribution in [0.15, 0.2) is 0 Å². The summed E-state index contributed by atoms with van der Waals surface area (Å²) in [5.74, 6) is -0.894. The zero-order valence-corrected chi connectivity index (χ0v) is 9.50. The van der Waals surface area contributed by atoms with Crippen LogP contribution in [0.25, 0.3) is 0 Å². The van der Waals surface area contributed by atoms with E-state index >= 15 is 0 Å². The van der Waals surface area contributed by atoms with Crippen LogP contribution in [0, 0.1) is 0 Å². The number of hydrogen-bond acceptors (Lipinski definition) is 2. The van der Waals surface area contributed by atoms with Gasteiger partial charge in [0.25, 0.3) is 0 Å². The highest BCUT2D eigenvalue weighted by molar-refractivity contribution is 5.75. The molecule has 92 valence electrons. The molecule has 0 aromatic rings. The van der Waals surface area contributed by atoms with Gasteiger partial charge in [0.2, 0.25) is 0 Å². The van der Waals surface area contributed by atoms with Crippen LogP contribution in [0.3, 0.4) is 0 Å². The van der Waals surface area contributed by atoms with Crippen molar-refractivity contribution in [1.82, 2.24) is 10.6 Å². The topological polar surface area (TPSA) is 78.4 Å². The molecule has 1 saturated carbocycles. The van der Waals surface area contributed by atoms with Crippen molar-refractivity contribution in [3.8, 4) is 0 Å². The second-order valence-corrected chi connectivity index (χ2v) is 4.23. The summed E-state index contributed by atoms with van der Waals surface area (Å²) in [5, 5.41) is 13.9. The molecule has 1 rings (SSSR count). The first-order chi connectivity index (χ1) is 7.68. The molecule has 5 heteroatoms. The van der Waals surface area contributed by atoms with Crippen molar-refractivity contribution < 1.29 is 14.7 Å². The Kier molecular flexibility index (Phi) is 5.67. The maximum Gasteiger partial charge on any atom is 0.315 e. The third-order valence-corrected chi connectivity index (χ3v) is 2.81. The number of hydrogen-bond donors (Lipinski definition) is 3. The number of aliphatic carboxylic acids is 1. The number of amides is 2. The lowest BCUT2D eigenvalue weighted by molar-refractivity contribution is -0.136. The molecule has 5 nitrogen and oxygen atoms in total. The van der Waals surface area contributed by atoms with Gasteiger partial charge in [-0.2, -0.15) is 0 Å². The SMILES string of the molecule is O=C(O)CCNC(=O)NC1CCCCCC1. The van der Waals surface area contributed by atoms with Crippen molar-refractivity contribution in [2.45, 2.75) is 51.0 Å². The first-order valence-electron chi connectivity index (χ1n) is 5.94. The highest BCUT2D eigenvalue weighted by Crippen LogP contribution is 2.16. The number of carboxylic acid groups (broad SMARTS) is 1. The largest absolute Gasteiger partial charge is 0.481 e. The van der Waals surface area contributed by atoms with Crippen LogP contribution in [0.4, 0.5) is 4.79 Å². The third-order valence-electron chi connectivity index (χ3n) is 2.81. The highest BCUT2D eigenvalue weighted by Gasteiger charge is 2.14. The van der Waals surface area contributed by atoms with E-state index in [0.717, 1.165) is 12.8 Å². The summed E-state index contributed by atoms with van der Waals surface area (Å²) in [7, 11) is 0. The summed E-state index contributed by atoms with van der Waals surface area (Å²) in [6.07, 6.45) is 6.87. The number of nitrogens with one attached hydrogen (secondary N) is 2. The van der Waals surface area contributed by atoms with Crippen molar-refractivity contribution in [3.63, 3.8) is 0 Å². The van der Waals surface area contributed by atoms with Gasteiger partial charge in [0, 0.05) is 12.6 Å². The Morgan fingerprint density at radius 2 is 1.75 bits per heavy atom. The first-order valence-corrected chi connectivity index (χ1v) is 5.94. The molecule has 0 atom stereocenters. The second kappa shape index (κ2) is 7.09. The molecule has 0 aromatic carbocycles. The van der Waals surface area contributed by atoms with Crippen molar-refractivity contribution in [2.75, 3.05) is 6.54 Å². The summed E-state index contributed by atoms with van der Waals surface area (Å²) < 4.78 is 0. The smallest absolute Gasteiger partial charge is 0.315 e. The predicted octanol–water partition coefficient (Wildman–Crippen LogP) is 1.48. The van der Waals surface area contributed by atoms with E-state index in [1.165, 1.54) is 25.7 Å². The Morgan fingerprint density at radius 3 is 2.31 bits per heavy atom.